The van der Waals surface area contributed by atoms with Gasteiger partial charge >= 0.3 is 5.97 Å². The number of aromatic nitrogens is 2. The highest BCUT2D eigenvalue weighted by Crippen LogP contribution is 2.31. The van der Waals surface area contributed by atoms with Crippen molar-refractivity contribution in [1.29, 1.82) is 0 Å². The summed E-state index contributed by atoms with van der Waals surface area (Å²) in [6.07, 6.45) is 3.02. The highest BCUT2D eigenvalue weighted by molar-refractivity contribution is 5.73. The van der Waals surface area contributed by atoms with Gasteiger partial charge in [0.15, 0.2) is 5.75 Å². The summed E-state index contributed by atoms with van der Waals surface area (Å²) < 4.78 is 29.3. The van der Waals surface area contributed by atoms with Crippen molar-refractivity contribution in [1.82, 2.24) is 9.97 Å². The van der Waals surface area contributed by atoms with Crippen molar-refractivity contribution in [3.05, 3.63) is 36.3 Å². The van der Waals surface area contributed by atoms with E-state index in [1.54, 1.807) is 25.4 Å². The molecule has 156 valence electrons. The number of carbonyl (C=O) groups is 1. The Bertz CT molecular complexity index is 808. The molecule has 1 aromatic heterocycles. The molecule has 0 radical (unpaired) electrons. The second-order valence-corrected chi connectivity index (χ2v) is 6.74. The van der Waals surface area contributed by atoms with Crippen molar-refractivity contribution in [2.45, 2.75) is 19.8 Å². The van der Waals surface area contributed by atoms with Gasteiger partial charge in [0, 0.05) is 25.8 Å². The SMILES string of the molecule is CCOC(=O)C1CCN(c2ncc(OCCOC)c(-c3ccc(F)cc3)n2)CC1. The summed E-state index contributed by atoms with van der Waals surface area (Å²) in [4.78, 5) is 23.1. The molecule has 0 unspecified atom stereocenters. The molecule has 0 spiro atoms. The van der Waals surface area contributed by atoms with Gasteiger partial charge in [0.2, 0.25) is 5.95 Å². The van der Waals surface area contributed by atoms with Gasteiger partial charge in [-0.05, 0) is 44.0 Å². The van der Waals surface area contributed by atoms with Gasteiger partial charge in [-0.2, -0.15) is 0 Å². The highest BCUT2D eigenvalue weighted by atomic mass is 19.1. The monoisotopic (exact) mass is 403 g/mol. The van der Waals surface area contributed by atoms with E-state index in [4.69, 9.17) is 19.2 Å². The number of hydrogen-bond donors (Lipinski definition) is 0. The number of methoxy groups -OCH3 is 1. The van der Waals surface area contributed by atoms with E-state index < -0.39 is 0 Å². The molecule has 0 saturated carbocycles. The molecular formula is C21H26FN3O4. The van der Waals surface area contributed by atoms with Gasteiger partial charge in [0.25, 0.3) is 0 Å². The molecular weight excluding hydrogens is 377 g/mol. The maximum atomic E-state index is 13.4. The van der Waals surface area contributed by atoms with Gasteiger partial charge in [0.05, 0.1) is 25.3 Å². The first-order valence-electron chi connectivity index (χ1n) is 9.78. The van der Waals surface area contributed by atoms with E-state index in [9.17, 15) is 9.18 Å². The van der Waals surface area contributed by atoms with Crippen LogP contribution in [0.1, 0.15) is 19.8 Å². The van der Waals surface area contributed by atoms with Crippen molar-refractivity contribution in [2.24, 2.45) is 5.92 Å². The highest BCUT2D eigenvalue weighted by Gasteiger charge is 2.27. The smallest absolute Gasteiger partial charge is 0.309 e. The first-order valence-corrected chi connectivity index (χ1v) is 9.78. The molecule has 1 aromatic carbocycles. The number of nitrogens with zero attached hydrogens (tertiary/aromatic N) is 3. The van der Waals surface area contributed by atoms with Crippen molar-refractivity contribution in [3.8, 4) is 17.0 Å². The Labute approximate surface area is 169 Å². The van der Waals surface area contributed by atoms with Crippen LogP contribution >= 0.6 is 0 Å². The summed E-state index contributed by atoms with van der Waals surface area (Å²) >= 11 is 0. The third-order valence-corrected chi connectivity index (χ3v) is 4.80. The number of esters is 1. The van der Waals surface area contributed by atoms with E-state index in [2.05, 4.69) is 4.98 Å². The van der Waals surface area contributed by atoms with Gasteiger partial charge in [0.1, 0.15) is 18.1 Å². The Kier molecular flexibility index (Phi) is 7.35. The van der Waals surface area contributed by atoms with E-state index in [1.807, 2.05) is 11.8 Å². The van der Waals surface area contributed by atoms with Gasteiger partial charge in [-0.1, -0.05) is 0 Å². The maximum absolute atomic E-state index is 13.4. The molecule has 0 aliphatic carbocycles. The lowest BCUT2D eigenvalue weighted by atomic mass is 9.97. The summed E-state index contributed by atoms with van der Waals surface area (Å²) in [5.74, 6) is 0.539. The number of halogens is 1. The van der Waals surface area contributed by atoms with Crippen molar-refractivity contribution >= 4 is 11.9 Å². The van der Waals surface area contributed by atoms with Gasteiger partial charge in [-0.25, -0.2) is 14.4 Å². The summed E-state index contributed by atoms with van der Waals surface area (Å²) in [5, 5.41) is 0. The molecule has 1 aliphatic heterocycles. The summed E-state index contributed by atoms with van der Waals surface area (Å²) in [7, 11) is 1.60. The number of carbonyl (C=O) groups excluding carboxylic acids is 1. The fourth-order valence-corrected chi connectivity index (χ4v) is 3.24. The number of piperidine rings is 1. The van der Waals surface area contributed by atoms with Crippen LogP contribution in [0, 0.1) is 11.7 Å². The quantitative estimate of drug-likeness (QED) is 0.495. The second-order valence-electron chi connectivity index (χ2n) is 6.74. The first-order chi connectivity index (χ1) is 14.1. The molecule has 0 atom stereocenters. The Morgan fingerprint density at radius 1 is 1.21 bits per heavy atom. The molecule has 1 fully saturated rings. The van der Waals surface area contributed by atoms with Crippen LogP contribution in [-0.2, 0) is 14.3 Å². The fraction of sp³-hybridized carbons (Fsp3) is 0.476. The molecule has 7 nitrogen and oxygen atoms in total. The standard InChI is InChI=1S/C21H26FN3O4/c1-3-28-20(26)16-8-10-25(11-9-16)21-23-14-18(29-13-12-27-2)19(24-21)15-4-6-17(22)7-5-15/h4-7,14,16H,3,8-13H2,1-2H3. The van der Waals surface area contributed by atoms with Crippen LogP contribution in [0.4, 0.5) is 10.3 Å². The molecule has 0 N–H and O–H groups in total. The third-order valence-electron chi connectivity index (χ3n) is 4.80. The lowest BCUT2D eigenvalue weighted by Gasteiger charge is -2.31. The molecule has 2 heterocycles. The van der Waals surface area contributed by atoms with Crippen LogP contribution in [0.5, 0.6) is 5.75 Å². The molecule has 2 aromatic rings. The third kappa shape index (κ3) is 5.41. The van der Waals surface area contributed by atoms with E-state index in [0.717, 1.165) is 5.56 Å². The minimum absolute atomic E-state index is 0.0839. The zero-order valence-corrected chi connectivity index (χ0v) is 16.8. The lowest BCUT2D eigenvalue weighted by molar-refractivity contribution is -0.148. The normalized spacial score (nSPS) is 14.7. The van der Waals surface area contributed by atoms with E-state index in [-0.39, 0.29) is 17.7 Å². The molecule has 3 rings (SSSR count). The second kappa shape index (κ2) is 10.2. The van der Waals surface area contributed by atoms with Crippen molar-refractivity contribution in [2.75, 3.05) is 44.9 Å². The fourth-order valence-electron chi connectivity index (χ4n) is 3.24. The topological polar surface area (TPSA) is 73.8 Å². The Balaban J connectivity index is 1.79. The first kappa shape index (κ1) is 21.0. The molecule has 0 amide bonds. The molecule has 0 bridgehead atoms. The minimum atomic E-state index is -0.314. The summed E-state index contributed by atoms with van der Waals surface area (Å²) in [6.45, 7) is 4.33. The summed E-state index contributed by atoms with van der Waals surface area (Å²) in [5.41, 5.74) is 1.34. The van der Waals surface area contributed by atoms with Gasteiger partial charge in [-0.15, -0.1) is 0 Å². The Hall–Kier alpha value is -2.74. The number of hydrogen-bond acceptors (Lipinski definition) is 7. The summed E-state index contributed by atoms with van der Waals surface area (Å²) in [6, 6.07) is 6.11. The molecule has 8 heteroatoms. The predicted octanol–water partition coefficient (Wildman–Crippen LogP) is 3.09. The van der Waals surface area contributed by atoms with E-state index in [0.29, 0.717) is 63.1 Å². The number of ether oxygens (including phenoxy) is 3. The van der Waals surface area contributed by atoms with Crippen LogP contribution in [0.25, 0.3) is 11.3 Å². The molecule has 1 aliphatic rings. The number of rotatable bonds is 8. The van der Waals surface area contributed by atoms with Crippen LogP contribution in [0.15, 0.2) is 30.5 Å². The Morgan fingerprint density at radius 2 is 1.93 bits per heavy atom. The Morgan fingerprint density at radius 3 is 2.59 bits per heavy atom. The minimum Gasteiger partial charge on any atom is -0.487 e. The molecule has 29 heavy (non-hydrogen) atoms. The average Bonchev–Trinajstić information content (AvgIpc) is 2.75. The lowest BCUT2D eigenvalue weighted by Crippen LogP contribution is -2.38. The van der Waals surface area contributed by atoms with Crippen LogP contribution in [0.3, 0.4) is 0 Å². The average molecular weight is 403 g/mol. The van der Waals surface area contributed by atoms with E-state index >= 15 is 0 Å². The van der Waals surface area contributed by atoms with Crippen LogP contribution in [0.2, 0.25) is 0 Å². The maximum Gasteiger partial charge on any atom is 0.309 e. The predicted molar refractivity (Wildman–Crippen MR) is 106 cm³/mol. The van der Waals surface area contributed by atoms with Gasteiger partial charge < -0.3 is 19.1 Å². The largest absolute Gasteiger partial charge is 0.487 e. The molecule has 1 saturated heterocycles. The zero-order valence-electron chi connectivity index (χ0n) is 16.8. The van der Waals surface area contributed by atoms with Crippen molar-refractivity contribution in [3.63, 3.8) is 0 Å². The van der Waals surface area contributed by atoms with Gasteiger partial charge in [-0.3, -0.25) is 4.79 Å². The number of anilines is 1. The van der Waals surface area contributed by atoms with Crippen LogP contribution < -0.4 is 9.64 Å². The van der Waals surface area contributed by atoms with Crippen molar-refractivity contribution < 1.29 is 23.4 Å². The zero-order chi connectivity index (χ0) is 20.6. The van der Waals surface area contributed by atoms with E-state index in [1.165, 1.54) is 12.1 Å². The number of benzene rings is 1. The van der Waals surface area contributed by atoms with Crippen LogP contribution in [-0.4, -0.2) is 56.0 Å².